The minimum Gasteiger partial charge on any atom is -0.449 e. The Morgan fingerprint density at radius 1 is 1.16 bits per heavy atom. The number of furan rings is 1. The van der Waals surface area contributed by atoms with Gasteiger partial charge in [0.25, 0.3) is 5.91 Å². The average Bonchev–Trinajstić information content (AvgIpc) is 3.28. The fourth-order valence-corrected chi connectivity index (χ4v) is 4.68. The Morgan fingerprint density at radius 3 is 2.69 bits per heavy atom. The standard InChI is InChI=1S/C24H25FN4O3/c25-19-3-1-16(2-4-19)13-28-23(31)29-9-6-24(7-10-29)12-18(24)14-27-22(30)20-11-17-5-8-26-15-21(17)32-20/h1-5,8,11,15,18H,6-7,9-10,12-14H2,(H,27,30)(H,28,31). The zero-order valence-electron chi connectivity index (χ0n) is 17.6. The molecule has 1 saturated heterocycles. The lowest BCUT2D eigenvalue weighted by Gasteiger charge is -2.33. The van der Waals surface area contributed by atoms with E-state index in [1.807, 2.05) is 11.0 Å². The Kier molecular flexibility index (Phi) is 5.28. The highest BCUT2D eigenvalue weighted by Crippen LogP contribution is 2.59. The first-order valence-corrected chi connectivity index (χ1v) is 10.9. The van der Waals surface area contributed by atoms with Gasteiger partial charge in [0, 0.05) is 37.8 Å². The van der Waals surface area contributed by atoms with E-state index in [0.29, 0.717) is 43.4 Å². The van der Waals surface area contributed by atoms with Crippen molar-refractivity contribution in [2.24, 2.45) is 11.3 Å². The van der Waals surface area contributed by atoms with E-state index in [1.54, 1.807) is 30.6 Å². The Bertz CT molecular complexity index is 1100. The third-order valence-electron chi connectivity index (χ3n) is 6.82. The molecule has 0 radical (unpaired) electrons. The molecule has 0 bridgehead atoms. The molecule has 7 nitrogen and oxygen atoms in total. The van der Waals surface area contributed by atoms with Crippen LogP contribution in [0.1, 0.15) is 35.4 Å². The van der Waals surface area contributed by atoms with E-state index in [0.717, 1.165) is 30.2 Å². The number of aromatic nitrogens is 1. The molecule has 1 aromatic carbocycles. The molecule has 1 aliphatic carbocycles. The summed E-state index contributed by atoms with van der Waals surface area (Å²) in [6, 6.07) is 9.59. The predicted molar refractivity (Wildman–Crippen MR) is 116 cm³/mol. The van der Waals surface area contributed by atoms with Crippen LogP contribution in [0.5, 0.6) is 0 Å². The van der Waals surface area contributed by atoms with Crippen molar-refractivity contribution in [3.8, 4) is 0 Å². The van der Waals surface area contributed by atoms with Gasteiger partial charge in [-0.25, -0.2) is 9.18 Å². The van der Waals surface area contributed by atoms with Gasteiger partial charge in [-0.1, -0.05) is 12.1 Å². The molecule has 3 amide bonds. The number of urea groups is 1. The number of benzene rings is 1. The van der Waals surface area contributed by atoms with Crippen molar-refractivity contribution in [2.45, 2.75) is 25.8 Å². The number of hydrogen-bond donors (Lipinski definition) is 2. The molecular weight excluding hydrogens is 411 g/mol. The van der Waals surface area contributed by atoms with E-state index in [9.17, 15) is 14.0 Å². The number of pyridine rings is 1. The number of halogens is 1. The molecule has 3 heterocycles. The monoisotopic (exact) mass is 436 g/mol. The van der Waals surface area contributed by atoms with Gasteiger partial charge in [-0.05, 0) is 60.4 Å². The molecular formula is C24H25FN4O3. The van der Waals surface area contributed by atoms with E-state index >= 15 is 0 Å². The fourth-order valence-electron chi connectivity index (χ4n) is 4.68. The van der Waals surface area contributed by atoms with Crippen molar-refractivity contribution in [1.82, 2.24) is 20.5 Å². The smallest absolute Gasteiger partial charge is 0.317 e. The molecule has 2 aliphatic rings. The molecule has 2 fully saturated rings. The van der Waals surface area contributed by atoms with Gasteiger partial charge in [0.2, 0.25) is 0 Å². The van der Waals surface area contributed by atoms with Crippen molar-refractivity contribution in [1.29, 1.82) is 0 Å². The lowest BCUT2D eigenvalue weighted by atomic mass is 9.91. The Labute approximate surface area is 185 Å². The van der Waals surface area contributed by atoms with Crippen molar-refractivity contribution >= 4 is 22.9 Å². The van der Waals surface area contributed by atoms with Crippen LogP contribution >= 0.6 is 0 Å². The summed E-state index contributed by atoms with van der Waals surface area (Å²) in [7, 11) is 0. The Balaban J connectivity index is 1.07. The Hall–Kier alpha value is -3.42. The summed E-state index contributed by atoms with van der Waals surface area (Å²) in [5.74, 6) is 0.240. The van der Waals surface area contributed by atoms with Crippen LogP contribution in [-0.2, 0) is 6.54 Å². The summed E-state index contributed by atoms with van der Waals surface area (Å²) in [6.45, 7) is 2.41. The van der Waals surface area contributed by atoms with Crippen LogP contribution in [0.25, 0.3) is 11.0 Å². The third kappa shape index (κ3) is 4.17. The SMILES string of the molecule is O=C(NCC1CC12CCN(C(=O)NCc1ccc(F)cc1)CC2)c1cc2ccncc2o1. The van der Waals surface area contributed by atoms with Gasteiger partial charge in [0.05, 0.1) is 6.20 Å². The zero-order chi connectivity index (χ0) is 22.1. The van der Waals surface area contributed by atoms with E-state index in [2.05, 4.69) is 15.6 Å². The lowest BCUT2D eigenvalue weighted by molar-refractivity contribution is 0.0922. The van der Waals surface area contributed by atoms with Crippen LogP contribution in [0.2, 0.25) is 0 Å². The maximum Gasteiger partial charge on any atom is 0.317 e. The number of rotatable bonds is 5. The molecule has 5 rings (SSSR count). The van der Waals surface area contributed by atoms with Crippen LogP contribution in [-0.4, -0.2) is 41.5 Å². The molecule has 32 heavy (non-hydrogen) atoms. The molecule has 3 aromatic rings. The van der Waals surface area contributed by atoms with E-state index < -0.39 is 0 Å². The molecule has 2 N–H and O–H groups in total. The first kappa shape index (κ1) is 20.5. The third-order valence-corrected chi connectivity index (χ3v) is 6.82. The number of nitrogens with zero attached hydrogens (tertiary/aromatic N) is 2. The molecule has 1 aliphatic heterocycles. The summed E-state index contributed by atoms with van der Waals surface area (Å²) >= 11 is 0. The van der Waals surface area contributed by atoms with Gasteiger partial charge in [0.15, 0.2) is 11.3 Å². The number of hydrogen-bond acceptors (Lipinski definition) is 4. The summed E-state index contributed by atoms with van der Waals surface area (Å²) in [4.78, 5) is 30.8. The highest BCUT2D eigenvalue weighted by molar-refractivity contribution is 5.95. The zero-order valence-corrected chi connectivity index (χ0v) is 17.6. The largest absolute Gasteiger partial charge is 0.449 e. The minimum atomic E-state index is -0.286. The molecule has 166 valence electrons. The number of fused-ring (bicyclic) bond motifs is 1. The van der Waals surface area contributed by atoms with Crippen LogP contribution in [0.3, 0.4) is 0 Å². The van der Waals surface area contributed by atoms with Gasteiger partial charge in [0.1, 0.15) is 5.82 Å². The van der Waals surface area contributed by atoms with Crippen LogP contribution in [0.15, 0.2) is 53.2 Å². The van der Waals surface area contributed by atoms with E-state index in [-0.39, 0.29) is 23.2 Å². The first-order chi connectivity index (χ1) is 15.5. The summed E-state index contributed by atoms with van der Waals surface area (Å²) in [5.41, 5.74) is 1.69. The molecule has 1 saturated carbocycles. The molecule has 1 unspecified atom stereocenters. The molecule has 8 heteroatoms. The second kappa shape index (κ2) is 8.26. The summed E-state index contributed by atoms with van der Waals surface area (Å²) < 4.78 is 18.6. The number of piperidine rings is 1. The molecule has 1 atom stereocenters. The topological polar surface area (TPSA) is 87.5 Å². The van der Waals surface area contributed by atoms with Crippen molar-refractivity contribution in [3.05, 3.63) is 65.9 Å². The van der Waals surface area contributed by atoms with E-state index in [1.165, 1.54) is 12.1 Å². The molecule has 2 aromatic heterocycles. The van der Waals surface area contributed by atoms with Crippen LogP contribution in [0, 0.1) is 17.2 Å². The number of amides is 3. The number of carbonyl (C=O) groups is 2. The van der Waals surface area contributed by atoms with Gasteiger partial charge in [-0.15, -0.1) is 0 Å². The maximum atomic E-state index is 13.0. The van der Waals surface area contributed by atoms with Crippen molar-refractivity contribution in [2.75, 3.05) is 19.6 Å². The van der Waals surface area contributed by atoms with Gasteiger partial charge in [-0.3, -0.25) is 9.78 Å². The summed E-state index contributed by atoms with van der Waals surface area (Å²) in [6.07, 6.45) is 6.22. The quantitative estimate of drug-likeness (QED) is 0.638. The minimum absolute atomic E-state index is 0.0888. The van der Waals surface area contributed by atoms with Crippen LogP contribution < -0.4 is 10.6 Å². The number of likely N-dealkylation sites (tertiary alicyclic amines) is 1. The number of nitrogens with one attached hydrogen (secondary N) is 2. The second-order valence-electron chi connectivity index (χ2n) is 8.77. The molecule has 1 spiro atoms. The van der Waals surface area contributed by atoms with E-state index in [4.69, 9.17) is 4.42 Å². The predicted octanol–water partition coefficient (Wildman–Crippen LogP) is 3.71. The fraction of sp³-hybridized carbons (Fsp3) is 0.375. The first-order valence-electron chi connectivity index (χ1n) is 10.9. The van der Waals surface area contributed by atoms with Gasteiger partial charge in [-0.2, -0.15) is 0 Å². The highest BCUT2D eigenvalue weighted by Gasteiger charge is 2.54. The van der Waals surface area contributed by atoms with Gasteiger partial charge >= 0.3 is 6.03 Å². The van der Waals surface area contributed by atoms with Crippen molar-refractivity contribution in [3.63, 3.8) is 0 Å². The normalized spacial score (nSPS) is 19.2. The highest BCUT2D eigenvalue weighted by atomic mass is 19.1. The van der Waals surface area contributed by atoms with Crippen LogP contribution in [0.4, 0.5) is 9.18 Å². The lowest BCUT2D eigenvalue weighted by Crippen LogP contribution is -2.45. The summed E-state index contributed by atoms with van der Waals surface area (Å²) in [5, 5.41) is 6.77. The average molecular weight is 436 g/mol. The van der Waals surface area contributed by atoms with Crippen molar-refractivity contribution < 1.29 is 18.4 Å². The Morgan fingerprint density at radius 2 is 1.94 bits per heavy atom. The van der Waals surface area contributed by atoms with Gasteiger partial charge < -0.3 is 20.0 Å². The second-order valence-corrected chi connectivity index (χ2v) is 8.77. The maximum absolute atomic E-state index is 13.0. The number of carbonyl (C=O) groups excluding carboxylic acids is 2.